The summed E-state index contributed by atoms with van der Waals surface area (Å²) in [6.07, 6.45) is 5.06. The van der Waals surface area contributed by atoms with Crippen LogP contribution < -0.4 is 0 Å². The van der Waals surface area contributed by atoms with Gasteiger partial charge in [0.2, 0.25) is 0 Å². The van der Waals surface area contributed by atoms with Crippen LogP contribution in [0.4, 0.5) is 0 Å². The lowest BCUT2D eigenvalue weighted by Crippen LogP contribution is -2.33. The molecule has 21 heavy (non-hydrogen) atoms. The maximum absolute atomic E-state index is 12.0. The molecule has 7 heteroatoms. The van der Waals surface area contributed by atoms with E-state index in [0.717, 1.165) is 22.2 Å². The monoisotopic (exact) mass is 339 g/mol. The molecule has 1 saturated heterocycles. The molecule has 1 aliphatic heterocycles. The van der Waals surface area contributed by atoms with Crippen LogP contribution in [0.5, 0.6) is 0 Å². The average Bonchev–Trinajstić information content (AvgIpc) is 2.68. The summed E-state index contributed by atoms with van der Waals surface area (Å²) in [6, 6.07) is 7.31. The Hall–Kier alpha value is -1.63. The molecule has 0 unspecified atom stereocenters. The lowest BCUT2D eigenvalue weighted by atomic mass is 10.2. The molecule has 0 bridgehead atoms. The second kappa shape index (κ2) is 6.89. The summed E-state index contributed by atoms with van der Waals surface area (Å²) >= 11 is 12.1. The van der Waals surface area contributed by atoms with Gasteiger partial charge in [-0.3, -0.25) is 14.5 Å². The number of carbonyl (C=O) groups excluding carboxylic acids is 1. The Morgan fingerprint density at radius 2 is 2.14 bits per heavy atom. The lowest BCUT2D eigenvalue weighted by molar-refractivity contribution is -0.140. The van der Waals surface area contributed by atoms with Gasteiger partial charge in [-0.25, -0.2) is 0 Å². The first-order valence-corrected chi connectivity index (χ1v) is 7.47. The van der Waals surface area contributed by atoms with Gasteiger partial charge >= 0.3 is 5.97 Å². The van der Waals surface area contributed by atoms with Crippen molar-refractivity contribution >= 4 is 57.9 Å². The Bertz CT molecular complexity index is 670. The number of aliphatic carboxylic acids is 1. The minimum absolute atomic E-state index is 0.250. The quantitative estimate of drug-likeness (QED) is 0.674. The third-order valence-electron chi connectivity index (χ3n) is 2.60. The fourth-order valence-corrected chi connectivity index (χ4v) is 3.04. The number of benzene rings is 1. The van der Waals surface area contributed by atoms with Crippen LogP contribution in [0.3, 0.4) is 0 Å². The van der Waals surface area contributed by atoms with Crippen LogP contribution in [-0.4, -0.2) is 32.7 Å². The van der Waals surface area contributed by atoms with Crippen LogP contribution in [0.1, 0.15) is 5.56 Å². The number of allylic oxidation sites excluding steroid dienone is 2. The van der Waals surface area contributed by atoms with Crippen molar-refractivity contribution in [2.75, 3.05) is 6.54 Å². The van der Waals surface area contributed by atoms with Crippen LogP contribution in [0, 0.1) is 0 Å². The number of halogens is 1. The molecule has 1 aliphatic rings. The zero-order valence-electron chi connectivity index (χ0n) is 10.7. The molecular weight excluding hydrogens is 330 g/mol. The summed E-state index contributed by atoms with van der Waals surface area (Å²) in [5.74, 6) is -1.49. The number of thiocarbonyl (C=S) groups is 1. The zero-order chi connectivity index (χ0) is 15.4. The minimum Gasteiger partial charge on any atom is -0.480 e. The van der Waals surface area contributed by atoms with Gasteiger partial charge < -0.3 is 5.11 Å². The molecule has 0 saturated carbocycles. The minimum atomic E-state index is -1.10. The van der Waals surface area contributed by atoms with E-state index in [1.54, 1.807) is 24.3 Å². The SMILES string of the molecule is O=C(O)CN1C(=O)C(=CC=Cc2ccccc2Cl)SC1=S. The van der Waals surface area contributed by atoms with E-state index >= 15 is 0 Å². The number of thioether (sulfide) groups is 1. The normalized spacial score (nSPS) is 17.2. The number of carboxylic acid groups (broad SMARTS) is 1. The summed E-state index contributed by atoms with van der Waals surface area (Å²) in [6.45, 7) is -0.420. The molecule has 0 aromatic heterocycles. The molecule has 1 heterocycles. The fraction of sp³-hybridized carbons (Fsp3) is 0.0714. The van der Waals surface area contributed by atoms with E-state index < -0.39 is 18.4 Å². The smallest absolute Gasteiger partial charge is 0.323 e. The van der Waals surface area contributed by atoms with E-state index in [1.165, 1.54) is 0 Å². The van der Waals surface area contributed by atoms with Crippen LogP contribution in [0.2, 0.25) is 5.02 Å². The maximum Gasteiger partial charge on any atom is 0.323 e. The first-order valence-electron chi connectivity index (χ1n) is 5.87. The zero-order valence-corrected chi connectivity index (χ0v) is 13.0. The van der Waals surface area contributed by atoms with E-state index in [9.17, 15) is 9.59 Å². The van der Waals surface area contributed by atoms with Crippen molar-refractivity contribution in [1.82, 2.24) is 4.90 Å². The van der Waals surface area contributed by atoms with E-state index in [-0.39, 0.29) is 4.32 Å². The highest BCUT2D eigenvalue weighted by atomic mass is 35.5. The Labute approximate surface area is 136 Å². The summed E-state index contributed by atoms with van der Waals surface area (Å²) < 4.78 is 0.250. The maximum atomic E-state index is 12.0. The number of carboxylic acids is 1. The lowest BCUT2D eigenvalue weighted by Gasteiger charge is -2.09. The first kappa shape index (κ1) is 15.8. The second-order valence-corrected chi connectivity index (χ2v) is 6.15. The van der Waals surface area contributed by atoms with E-state index in [0.29, 0.717) is 9.93 Å². The van der Waals surface area contributed by atoms with Crippen LogP contribution in [-0.2, 0) is 9.59 Å². The van der Waals surface area contributed by atoms with Gasteiger partial charge in [-0.1, -0.05) is 65.9 Å². The number of hydrogen-bond donors (Lipinski definition) is 1. The summed E-state index contributed by atoms with van der Waals surface area (Å²) in [5, 5.41) is 9.35. The van der Waals surface area contributed by atoms with Gasteiger partial charge in [0, 0.05) is 5.02 Å². The molecule has 108 valence electrons. The van der Waals surface area contributed by atoms with Gasteiger partial charge in [0.15, 0.2) is 0 Å². The Kier molecular flexibility index (Phi) is 5.17. The van der Waals surface area contributed by atoms with Gasteiger partial charge in [-0.2, -0.15) is 0 Å². The van der Waals surface area contributed by atoms with Gasteiger partial charge in [0.25, 0.3) is 5.91 Å². The topological polar surface area (TPSA) is 57.6 Å². The highest BCUT2D eigenvalue weighted by molar-refractivity contribution is 8.26. The third-order valence-corrected chi connectivity index (χ3v) is 4.34. The van der Waals surface area contributed by atoms with Gasteiger partial charge in [-0.15, -0.1) is 0 Å². The van der Waals surface area contributed by atoms with Crippen molar-refractivity contribution < 1.29 is 14.7 Å². The molecule has 1 fully saturated rings. The van der Waals surface area contributed by atoms with Crippen molar-refractivity contribution in [3.8, 4) is 0 Å². The standard InChI is InChI=1S/C14H10ClNO3S2/c15-10-6-2-1-4-9(10)5-3-7-11-13(19)16(8-12(17)18)14(20)21-11/h1-7H,8H2,(H,17,18). The third kappa shape index (κ3) is 3.93. The molecule has 1 aromatic carbocycles. The van der Waals surface area contributed by atoms with Crippen molar-refractivity contribution in [2.45, 2.75) is 0 Å². The van der Waals surface area contributed by atoms with E-state index in [2.05, 4.69) is 0 Å². The van der Waals surface area contributed by atoms with Gasteiger partial charge in [0.05, 0.1) is 4.91 Å². The van der Waals surface area contributed by atoms with Crippen molar-refractivity contribution in [2.24, 2.45) is 0 Å². The number of carbonyl (C=O) groups is 2. The molecule has 2 rings (SSSR count). The van der Waals surface area contributed by atoms with E-state index in [1.807, 2.05) is 18.2 Å². The van der Waals surface area contributed by atoms with Crippen molar-refractivity contribution in [3.05, 3.63) is 51.9 Å². The first-order chi connectivity index (χ1) is 9.99. The molecule has 0 spiro atoms. The molecular formula is C14H10ClNO3S2. The van der Waals surface area contributed by atoms with Crippen molar-refractivity contribution in [1.29, 1.82) is 0 Å². The molecule has 1 aromatic rings. The average molecular weight is 340 g/mol. The number of nitrogens with zero attached hydrogens (tertiary/aromatic N) is 1. The van der Waals surface area contributed by atoms with E-state index in [4.69, 9.17) is 28.9 Å². The molecule has 0 radical (unpaired) electrons. The Balaban J connectivity index is 2.12. The summed E-state index contributed by atoms with van der Waals surface area (Å²) in [7, 11) is 0. The molecule has 1 amide bonds. The van der Waals surface area contributed by atoms with Crippen LogP contribution in [0.15, 0.2) is 41.3 Å². The predicted octanol–water partition coefficient (Wildman–Crippen LogP) is 3.18. The number of hydrogen-bond acceptors (Lipinski definition) is 4. The van der Waals surface area contributed by atoms with Crippen LogP contribution >= 0.6 is 35.6 Å². The summed E-state index contributed by atoms with van der Waals surface area (Å²) in [4.78, 5) is 24.1. The molecule has 4 nitrogen and oxygen atoms in total. The van der Waals surface area contributed by atoms with Gasteiger partial charge in [-0.05, 0) is 17.7 Å². The summed E-state index contributed by atoms with van der Waals surface area (Å²) in [5.41, 5.74) is 0.830. The van der Waals surface area contributed by atoms with Gasteiger partial charge in [0.1, 0.15) is 10.9 Å². The fourth-order valence-electron chi connectivity index (χ4n) is 1.64. The highest BCUT2D eigenvalue weighted by Crippen LogP contribution is 2.30. The molecule has 1 N–H and O–H groups in total. The Morgan fingerprint density at radius 1 is 1.43 bits per heavy atom. The largest absolute Gasteiger partial charge is 0.480 e. The Morgan fingerprint density at radius 3 is 2.81 bits per heavy atom. The van der Waals surface area contributed by atoms with Crippen LogP contribution in [0.25, 0.3) is 6.08 Å². The molecule has 0 aliphatic carbocycles. The number of amides is 1. The number of rotatable bonds is 4. The highest BCUT2D eigenvalue weighted by Gasteiger charge is 2.32. The predicted molar refractivity (Wildman–Crippen MR) is 88.1 cm³/mol. The van der Waals surface area contributed by atoms with Crippen molar-refractivity contribution in [3.63, 3.8) is 0 Å². The second-order valence-electron chi connectivity index (χ2n) is 4.06. The molecule has 0 atom stereocenters.